The van der Waals surface area contributed by atoms with E-state index in [-0.39, 0.29) is 23.8 Å². The molecule has 0 fully saturated rings. The van der Waals surface area contributed by atoms with Crippen LogP contribution in [0.1, 0.15) is 33.7 Å². The molecule has 31 heavy (non-hydrogen) atoms. The summed E-state index contributed by atoms with van der Waals surface area (Å²) in [5.74, 6) is -0.760. The summed E-state index contributed by atoms with van der Waals surface area (Å²) in [6.45, 7) is 3.79. The molecular weight excluding hydrogens is 402 g/mol. The predicted molar refractivity (Wildman–Crippen MR) is 112 cm³/mol. The van der Waals surface area contributed by atoms with Crippen molar-refractivity contribution in [3.05, 3.63) is 75.4 Å². The first-order valence-corrected chi connectivity index (χ1v) is 9.44. The van der Waals surface area contributed by atoms with Gasteiger partial charge in [0.1, 0.15) is 11.9 Å². The Morgan fingerprint density at radius 2 is 1.90 bits per heavy atom. The Hall–Kier alpha value is -4.08. The zero-order valence-corrected chi connectivity index (χ0v) is 17.3. The van der Waals surface area contributed by atoms with Crippen LogP contribution in [0.15, 0.2) is 42.7 Å². The average Bonchev–Trinajstić information content (AvgIpc) is 3.05. The smallest absolute Gasteiger partial charge is 0.310 e. The van der Waals surface area contributed by atoms with E-state index in [1.165, 1.54) is 19.4 Å². The van der Waals surface area contributed by atoms with Crippen molar-refractivity contribution in [3.8, 4) is 5.69 Å². The molecule has 1 amide bonds. The molecule has 0 saturated carbocycles. The monoisotopic (exact) mass is 423 g/mol. The van der Waals surface area contributed by atoms with Crippen LogP contribution in [0.4, 0.5) is 11.4 Å². The largest absolute Gasteiger partial charge is 0.469 e. The second kappa shape index (κ2) is 9.16. The van der Waals surface area contributed by atoms with Gasteiger partial charge in [-0.2, -0.15) is 5.10 Å². The van der Waals surface area contributed by atoms with Crippen LogP contribution in [0.25, 0.3) is 5.69 Å². The van der Waals surface area contributed by atoms with Gasteiger partial charge in [-0.3, -0.25) is 24.7 Å². The summed E-state index contributed by atoms with van der Waals surface area (Å²) in [4.78, 5) is 38.2. The number of nitro groups is 1. The Bertz CT molecular complexity index is 1140. The third kappa shape index (κ3) is 4.74. The van der Waals surface area contributed by atoms with E-state index in [2.05, 4.69) is 15.4 Å². The van der Waals surface area contributed by atoms with Gasteiger partial charge in [-0.1, -0.05) is 0 Å². The van der Waals surface area contributed by atoms with Crippen LogP contribution in [0.3, 0.4) is 0 Å². The number of methoxy groups -OCH3 is 1. The van der Waals surface area contributed by atoms with Gasteiger partial charge >= 0.3 is 11.7 Å². The molecule has 2 heterocycles. The van der Waals surface area contributed by atoms with E-state index in [1.54, 1.807) is 28.9 Å². The number of benzene rings is 1. The first-order valence-electron chi connectivity index (χ1n) is 9.44. The minimum absolute atomic E-state index is 0.0721. The molecule has 0 aliphatic heterocycles. The highest BCUT2D eigenvalue weighted by molar-refractivity contribution is 6.05. The van der Waals surface area contributed by atoms with Gasteiger partial charge in [0.05, 0.1) is 23.4 Å². The number of carbonyl (C=O) groups excluding carboxylic acids is 2. The van der Waals surface area contributed by atoms with Crippen LogP contribution < -0.4 is 5.32 Å². The lowest BCUT2D eigenvalue weighted by Gasteiger charge is -2.08. The molecule has 1 N–H and O–H groups in total. The van der Waals surface area contributed by atoms with Gasteiger partial charge in [0, 0.05) is 23.9 Å². The number of hydrogen-bond acceptors (Lipinski definition) is 7. The SMILES string of the molecule is COC(=O)CCc1c(C)nn(-c2ccc(C(=O)Nc3ccncc3[N+](=O)[O-])cc2)c1C. The lowest BCUT2D eigenvalue weighted by molar-refractivity contribution is -0.384. The summed E-state index contributed by atoms with van der Waals surface area (Å²) >= 11 is 0. The van der Waals surface area contributed by atoms with Crippen molar-refractivity contribution < 1.29 is 19.2 Å². The molecule has 10 nitrogen and oxygen atoms in total. The Morgan fingerprint density at radius 3 is 2.55 bits per heavy atom. The third-order valence-electron chi connectivity index (χ3n) is 4.87. The normalized spacial score (nSPS) is 10.5. The quantitative estimate of drug-likeness (QED) is 0.351. The third-order valence-corrected chi connectivity index (χ3v) is 4.87. The summed E-state index contributed by atoms with van der Waals surface area (Å²) < 4.78 is 6.44. The average molecular weight is 423 g/mol. The highest BCUT2D eigenvalue weighted by Gasteiger charge is 2.18. The molecular formula is C21H21N5O5. The zero-order chi connectivity index (χ0) is 22.5. The van der Waals surface area contributed by atoms with E-state index in [0.717, 1.165) is 28.8 Å². The Labute approximate surface area is 178 Å². The van der Waals surface area contributed by atoms with Crippen LogP contribution in [0, 0.1) is 24.0 Å². The fourth-order valence-corrected chi connectivity index (χ4v) is 3.20. The number of nitrogens with one attached hydrogen (secondary N) is 1. The van der Waals surface area contributed by atoms with Gasteiger partial charge in [-0.15, -0.1) is 0 Å². The van der Waals surface area contributed by atoms with Crippen molar-refractivity contribution >= 4 is 23.3 Å². The number of aromatic nitrogens is 3. The van der Waals surface area contributed by atoms with E-state index in [0.29, 0.717) is 12.0 Å². The molecule has 1 aromatic carbocycles. The van der Waals surface area contributed by atoms with Crippen LogP contribution in [0.2, 0.25) is 0 Å². The lowest BCUT2D eigenvalue weighted by atomic mass is 10.1. The minimum atomic E-state index is -0.605. The Kier molecular flexibility index (Phi) is 6.39. The highest BCUT2D eigenvalue weighted by atomic mass is 16.6. The van der Waals surface area contributed by atoms with Crippen molar-refractivity contribution in [3.63, 3.8) is 0 Å². The maximum Gasteiger partial charge on any atom is 0.310 e. The number of rotatable bonds is 7. The molecule has 0 saturated heterocycles. The van der Waals surface area contributed by atoms with Crippen molar-refractivity contribution in [2.45, 2.75) is 26.7 Å². The van der Waals surface area contributed by atoms with Gasteiger partial charge < -0.3 is 10.1 Å². The second-order valence-corrected chi connectivity index (χ2v) is 6.79. The van der Waals surface area contributed by atoms with Crippen molar-refractivity contribution in [2.75, 3.05) is 12.4 Å². The van der Waals surface area contributed by atoms with Crippen molar-refractivity contribution in [2.24, 2.45) is 0 Å². The number of carbonyl (C=O) groups is 2. The number of ether oxygens (including phenoxy) is 1. The predicted octanol–water partition coefficient (Wildman–Crippen LogP) is 3.15. The zero-order valence-electron chi connectivity index (χ0n) is 17.3. The van der Waals surface area contributed by atoms with Gasteiger partial charge in [-0.25, -0.2) is 4.68 Å². The molecule has 3 aromatic rings. The summed E-state index contributed by atoms with van der Waals surface area (Å²) in [6, 6.07) is 8.07. The molecule has 160 valence electrons. The number of anilines is 1. The molecule has 3 rings (SSSR count). The van der Waals surface area contributed by atoms with Crippen LogP contribution >= 0.6 is 0 Å². The number of nitrogens with zero attached hydrogens (tertiary/aromatic N) is 4. The summed E-state index contributed by atoms with van der Waals surface area (Å²) in [6.07, 6.45) is 3.24. The second-order valence-electron chi connectivity index (χ2n) is 6.79. The fourth-order valence-electron chi connectivity index (χ4n) is 3.20. The van der Waals surface area contributed by atoms with Crippen molar-refractivity contribution in [1.29, 1.82) is 0 Å². The van der Waals surface area contributed by atoms with Crippen molar-refractivity contribution in [1.82, 2.24) is 14.8 Å². The van der Waals surface area contributed by atoms with Gasteiger partial charge in [0.2, 0.25) is 0 Å². The summed E-state index contributed by atoms with van der Waals surface area (Å²) in [7, 11) is 1.36. The molecule has 0 aliphatic carbocycles. The molecule has 0 bridgehead atoms. The van der Waals surface area contributed by atoms with Crippen LogP contribution in [-0.4, -0.2) is 38.7 Å². The molecule has 10 heteroatoms. The number of pyridine rings is 1. The van der Waals surface area contributed by atoms with E-state index < -0.39 is 10.8 Å². The van der Waals surface area contributed by atoms with E-state index in [9.17, 15) is 19.7 Å². The number of esters is 1. The first-order chi connectivity index (χ1) is 14.8. The molecule has 2 aromatic heterocycles. The standard InChI is InChI=1S/C21H21N5O5/c1-13-17(8-9-20(27)31-3)14(2)25(24-13)16-6-4-15(5-7-16)21(28)23-18-10-11-22-12-19(18)26(29)30/h4-7,10-12H,8-9H2,1-3H3,(H,22,23,28). The topological polar surface area (TPSA) is 129 Å². The van der Waals surface area contributed by atoms with E-state index >= 15 is 0 Å². The molecule has 0 atom stereocenters. The fraction of sp³-hybridized carbons (Fsp3) is 0.238. The highest BCUT2D eigenvalue weighted by Crippen LogP contribution is 2.23. The Balaban J connectivity index is 1.78. The molecule has 0 unspecified atom stereocenters. The van der Waals surface area contributed by atoms with E-state index in [1.807, 2.05) is 13.8 Å². The number of aryl methyl sites for hydroxylation is 1. The van der Waals surface area contributed by atoms with E-state index in [4.69, 9.17) is 4.74 Å². The molecule has 0 spiro atoms. The summed E-state index contributed by atoms with van der Waals surface area (Å²) in [5, 5.41) is 18.2. The maximum absolute atomic E-state index is 12.5. The van der Waals surface area contributed by atoms with Gasteiger partial charge in [-0.05, 0) is 56.2 Å². The van der Waals surface area contributed by atoms with Gasteiger partial charge in [0.25, 0.3) is 5.91 Å². The van der Waals surface area contributed by atoms with Crippen LogP contribution in [0.5, 0.6) is 0 Å². The van der Waals surface area contributed by atoms with Crippen LogP contribution in [-0.2, 0) is 16.0 Å². The minimum Gasteiger partial charge on any atom is -0.469 e. The number of hydrogen-bond donors (Lipinski definition) is 1. The maximum atomic E-state index is 12.5. The number of amides is 1. The molecule has 0 aliphatic rings. The first kappa shape index (κ1) is 21.6. The summed E-state index contributed by atoms with van der Waals surface area (Å²) in [5.41, 5.74) is 3.55. The molecule has 0 radical (unpaired) electrons. The lowest BCUT2D eigenvalue weighted by Crippen LogP contribution is -2.13. The van der Waals surface area contributed by atoms with Gasteiger partial charge in [0.15, 0.2) is 0 Å². The Morgan fingerprint density at radius 1 is 1.19 bits per heavy atom.